The first-order valence-electron chi connectivity index (χ1n) is 13.7. The number of halogens is 1. The highest BCUT2D eigenvalue weighted by atomic mass is 19.1. The lowest BCUT2D eigenvalue weighted by molar-refractivity contribution is -0.141. The van der Waals surface area contributed by atoms with Crippen LogP contribution in [0.15, 0.2) is 60.7 Å². The first kappa shape index (κ1) is 31.5. The monoisotopic (exact) mass is 567 g/mol. The number of carbonyl (C=O) groups excluding carboxylic acids is 2. The molecule has 2 aromatic carbocycles. The van der Waals surface area contributed by atoms with Gasteiger partial charge in [0, 0.05) is 37.3 Å². The van der Waals surface area contributed by atoms with Crippen LogP contribution in [0.3, 0.4) is 0 Å². The van der Waals surface area contributed by atoms with Gasteiger partial charge in [0.2, 0.25) is 11.8 Å². The Morgan fingerprint density at radius 1 is 0.976 bits per heavy atom. The molecule has 2 N–H and O–H groups in total. The minimum atomic E-state index is -1.26. The number of benzene rings is 2. The van der Waals surface area contributed by atoms with E-state index in [0.717, 1.165) is 42.7 Å². The zero-order valence-corrected chi connectivity index (χ0v) is 23.7. The standard InChI is InChI=1S/C27H34FN3O2.C4H4O4/c1-19(2)26-24-10-9-22(28)17-21(24)13-16-31(26)27(33)20-11-14-30(15-12-20)18-25(32)29(3)23-7-5-4-6-8-23;5-3(6)1-2-4(7)8/h4-10,17,19-20,26H,11-16,18H2,1-3H3;1-2H,(H,5,6)(H,7,8)/b;2-1+. The van der Waals surface area contributed by atoms with E-state index in [2.05, 4.69) is 18.7 Å². The van der Waals surface area contributed by atoms with Crippen molar-refractivity contribution in [2.24, 2.45) is 11.8 Å². The Bertz CT molecular complexity index is 1240. The van der Waals surface area contributed by atoms with Crippen molar-refractivity contribution in [3.63, 3.8) is 0 Å². The lowest BCUT2D eigenvalue weighted by atomic mass is 9.84. The third-order valence-corrected chi connectivity index (χ3v) is 7.48. The Morgan fingerprint density at radius 2 is 1.59 bits per heavy atom. The zero-order chi connectivity index (χ0) is 30.1. The van der Waals surface area contributed by atoms with Crippen molar-refractivity contribution in [3.05, 3.63) is 77.6 Å². The minimum Gasteiger partial charge on any atom is -0.478 e. The van der Waals surface area contributed by atoms with Crippen molar-refractivity contribution in [1.82, 2.24) is 9.80 Å². The molecule has 0 saturated carbocycles. The molecule has 4 rings (SSSR count). The minimum absolute atomic E-state index is 0.0130. The van der Waals surface area contributed by atoms with Crippen LogP contribution in [0.5, 0.6) is 0 Å². The number of anilines is 1. The van der Waals surface area contributed by atoms with E-state index >= 15 is 0 Å². The van der Waals surface area contributed by atoms with Crippen LogP contribution in [0.1, 0.15) is 43.9 Å². The first-order chi connectivity index (χ1) is 19.5. The van der Waals surface area contributed by atoms with Crippen LogP contribution < -0.4 is 4.90 Å². The number of nitrogens with zero attached hydrogens (tertiary/aromatic N) is 3. The van der Waals surface area contributed by atoms with E-state index in [9.17, 15) is 23.6 Å². The number of likely N-dealkylation sites (tertiary alicyclic amines) is 1. The van der Waals surface area contributed by atoms with E-state index in [-0.39, 0.29) is 35.5 Å². The largest absolute Gasteiger partial charge is 0.478 e. The fraction of sp³-hybridized carbons (Fsp3) is 0.419. The summed E-state index contributed by atoms with van der Waals surface area (Å²) in [6.07, 6.45) is 3.34. The average molecular weight is 568 g/mol. The smallest absolute Gasteiger partial charge is 0.328 e. The first-order valence-corrected chi connectivity index (χ1v) is 13.7. The summed E-state index contributed by atoms with van der Waals surface area (Å²) in [5, 5.41) is 15.6. The van der Waals surface area contributed by atoms with Crippen LogP contribution in [-0.4, -0.2) is 77.0 Å². The molecule has 2 aliphatic rings. The molecule has 41 heavy (non-hydrogen) atoms. The van der Waals surface area contributed by atoms with Crippen molar-refractivity contribution >= 4 is 29.4 Å². The van der Waals surface area contributed by atoms with Crippen molar-refractivity contribution in [2.75, 3.05) is 38.1 Å². The fourth-order valence-corrected chi connectivity index (χ4v) is 5.40. The van der Waals surface area contributed by atoms with E-state index in [1.165, 1.54) is 6.07 Å². The molecule has 0 aromatic heterocycles. The van der Waals surface area contributed by atoms with Crippen LogP contribution >= 0.6 is 0 Å². The number of aliphatic carboxylic acids is 2. The second-order valence-corrected chi connectivity index (χ2v) is 10.7. The van der Waals surface area contributed by atoms with Crippen LogP contribution in [-0.2, 0) is 25.6 Å². The third-order valence-electron chi connectivity index (χ3n) is 7.48. The number of likely N-dealkylation sites (N-methyl/N-ethyl adjacent to an activating group) is 1. The van der Waals surface area contributed by atoms with Gasteiger partial charge in [-0.05, 0) is 73.7 Å². The Labute approximate surface area is 239 Å². The van der Waals surface area contributed by atoms with Crippen molar-refractivity contribution in [3.8, 4) is 0 Å². The van der Waals surface area contributed by atoms with Gasteiger partial charge in [0.25, 0.3) is 0 Å². The summed E-state index contributed by atoms with van der Waals surface area (Å²) in [7, 11) is 1.81. The summed E-state index contributed by atoms with van der Waals surface area (Å²) >= 11 is 0. The molecular weight excluding hydrogens is 529 g/mol. The molecule has 0 radical (unpaired) electrons. The maximum Gasteiger partial charge on any atom is 0.328 e. The van der Waals surface area contributed by atoms with Crippen molar-refractivity contribution < 1.29 is 33.8 Å². The van der Waals surface area contributed by atoms with E-state index in [1.54, 1.807) is 18.0 Å². The lowest BCUT2D eigenvalue weighted by Gasteiger charge is -2.42. The molecule has 220 valence electrons. The summed E-state index contributed by atoms with van der Waals surface area (Å²) in [5.74, 6) is -2.23. The number of carboxylic acid groups (broad SMARTS) is 2. The maximum absolute atomic E-state index is 13.7. The predicted molar refractivity (Wildman–Crippen MR) is 153 cm³/mol. The van der Waals surface area contributed by atoms with Gasteiger partial charge in [-0.3, -0.25) is 14.5 Å². The number of amides is 2. The average Bonchev–Trinajstić information content (AvgIpc) is 2.95. The van der Waals surface area contributed by atoms with Gasteiger partial charge in [-0.2, -0.15) is 0 Å². The van der Waals surface area contributed by atoms with Gasteiger partial charge in [0.15, 0.2) is 0 Å². The third kappa shape index (κ3) is 8.72. The summed E-state index contributed by atoms with van der Waals surface area (Å²) in [6, 6.07) is 14.6. The van der Waals surface area contributed by atoms with Crippen molar-refractivity contribution in [2.45, 2.75) is 39.2 Å². The quantitative estimate of drug-likeness (QED) is 0.486. The zero-order valence-electron chi connectivity index (χ0n) is 23.7. The van der Waals surface area contributed by atoms with Crippen molar-refractivity contribution in [1.29, 1.82) is 0 Å². The molecule has 1 atom stereocenters. The molecular formula is C31H38FN3O6. The predicted octanol–water partition coefficient (Wildman–Crippen LogP) is 3.99. The van der Waals surface area contributed by atoms with Crippen LogP contribution in [0.25, 0.3) is 0 Å². The molecule has 10 heteroatoms. The highest BCUT2D eigenvalue weighted by molar-refractivity contribution is 5.94. The topological polar surface area (TPSA) is 118 Å². The number of piperidine rings is 1. The Morgan fingerprint density at radius 3 is 2.15 bits per heavy atom. The second kappa shape index (κ2) is 14.5. The molecule has 2 aromatic rings. The number of hydrogen-bond donors (Lipinski definition) is 2. The van der Waals surface area contributed by atoms with Crippen LogP contribution in [0, 0.1) is 17.7 Å². The maximum atomic E-state index is 13.7. The van der Waals surface area contributed by atoms with Crippen LogP contribution in [0.2, 0.25) is 0 Å². The van der Waals surface area contributed by atoms with Gasteiger partial charge < -0.3 is 20.0 Å². The molecule has 1 fully saturated rings. The lowest BCUT2D eigenvalue weighted by Crippen LogP contribution is -2.48. The molecule has 9 nitrogen and oxygen atoms in total. The van der Waals surface area contributed by atoms with Gasteiger partial charge in [-0.1, -0.05) is 38.1 Å². The van der Waals surface area contributed by atoms with Gasteiger partial charge in [0.1, 0.15) is 5.82 Å². The number of fused-ring (bicyclic) bond motifs is 1. The normalized spacial score (nSPS) is 17.5. The molecule has 0 aliphatic carbocycles. The van der Waals surface area contributed by atoms with E-state index in [4.69, 9.17) is 10.2 Å². The highest BCUT2D eigenvalue weighted by Crippen LogP contribution is 2.37. The highest BCUT2D eigenvalue weighted by Gasteiger charge is 2.37. The Hall–Kier alpha value is -4.05. The molecule has 0 spiro atoms. The summed E-state index contributed by atoms with van der Waals surface area (Å²) < 4.78 is 13.7. The SMILES string of the molecule is CC(C)C1c2ccc(F)cc2CCN1C(=O)C1CCN(CC(=O)N(C)c2ccccc2)CC1.O=C(O)/C=C/C(=O)O. The summed E-state index contributed by atoms with van der Waals surface area (Å²) in [5.41, 5.74) is 2.99. The number of rotatable bonds is 7. The number of hydrogen-bond acceptors (Lipinski definition) is 5. The number of para-hydroxylation sites is 1. The number of carboxylic acids is 2. The molecule has 2 heterocycles. The molecule has 0 bridgehead atoms. The van der Waals surface area contributed by atoms with Gasteiger partial charge >= 0.3 is 11.9 Å². The van der Waals surface area contributed by atoms with E-state index < -0.39 is 11.9 Å². The molecule has 1 saturated heterocycles. The molecule has 1 unspecified atom stereocenters. The van der Waals surface area contributed by atoms with E-state index in [0.29, 0.717) is 31.7 Å². The van der Waals surface area contributed by atoms with E-state index in [1.807, 2.05) is 41.3 Å². The Balaban J connectivity index is 0.000000507. The number of carbonyl (C=O) groups is 4. The summed E-state index contributed by atoms with van der Waals surface area (Å²) in [4.78, 5) is 51.2. The Kier molecular flexibility index (Phi) is 11.2. The van der Waals surface area contributed by atoms with Crippen LogP contribution in [0.4, 0.5) is 10.1 Å². The van der Waals surface area contributed by atoms with Gasteiger partial charge in [-0.15, -0.1) is 0 Å². The van der Waals surface area contributed by atoms with Gasteiger partial charge in [-0.25, -0.2) is 14.0 Å². The second-order valence-electron chi connectivity index (χ2n) is 10.7. The summed E-state index contributed by atoms with van der Waals surface area (Å²) in [6.45, 7) is 6.74. The van der Waals surface area contributed by atoms with Gasteiger partial charge in [0.05, 0.1) is 12.6 Å². The fourth-order valence-electron chi connectivity index (χ4n) is 5.40. The molecule has 2 aliphatic heterocycles. The molecule has 2 amide bonds.